The zero-order valence-corrected chi connectivity index (χ0v) is 10.9. The summed E-state index contributed by atoms with van der Waals surface area (Å²) in [5, 5.41) is 16.8. The average Bonchev–Trinajstić information content (AvgIpc) is 2.69. The highest BCUT2D eigenvalue weighted by molar-refractivity contribution is 6.32. The summed E-state index contributed by atoms with van der Waals surface area (Å²) in [6.07, 6.45) is 4.83. The molecule has 0 saturated carbocycles. The van der Waals surface area contributed by atoms with Crippen LogP contribution in [0.5, 0.6) is 0 Å². The summed E-state index contributed by atoms with van der Waals surface area (Å²) in [4.78, 5) is 0. The van der Waals surface area contributed by atoms with Gasteiger partial charge in [0.15, 0.2) is 0 Å². The highest BCUT2D eigenvalue weighted by atomic mass is 35.5. The highest BCUT2D eigenvalue weighted by Gasteiger charge is 2.33. The van der Waals surface area contributed by atoms with E-state index in [2.05, 4.69) is 16.7 Å². The molecule has 0 aliphatic carbocycles. The molecule has 3 nitrogen and oxygen atoms in total. The van der Waals surface area contributed by atoms with E-state index in [-0.39, 0.29) is 0 Å². The van der Waals surface area contributed by atoms with Crippen molar-refractivity contribution in [3.8, 4) is 6.07 Å². The van der Waals surface area contributed by atoms with Gasteiger partial charge >= 0.3 is 0 Å². The molecule has 3 rings (SSSR count). The van der Waals surface area contributed by atoms with E-state index >= 15 is 0 Å². The average molecular weight is 262 g/mol. The summed E-state index contributed by atoms with van der Waals surface area (Å²) in [6.45, 7) is 0. The third kappa shape index (κ3) is 2.19. The topological polar surface area (TPSA) is 47.9 Å². The first-order valence-corrected chi connectivity index (χ1v) is 6.85. The lowest BCUT2D eigenvalue weighted by Gasteiger charge is -2.30. The third-order valence-corrected chi connectivity index (χ3v) is 4.27. The first-order chi connectivity index (χ1) is 8.76. The maximum absolute atomic E-state index is 9.16. The van der Waals surface area contributed by atoms with Crippen LogP contribution in [0.4, 0.5) is 5.69 Å². The quantitative estimate of drug-likeness (QED) is 0.861. The largest absolute Gasteiger partial charge is 0.381 e. The molecule has 0 aromatic heterocycles. The minimum Gasteiger partial charge on any atom is -0.381 e. The fourth-order valence-electron chi connectivity index (χ4n) is 3.15. The number of piperidine rings is 1. The Labute approximate surface area is 112 Å². The molecule has 2 saturated heterocycles. The lowest BCUT2D eigenvalue weighted by atomic mass is 9.99. The van der Waals surface area contributed by atoms with Gasteiger partial charge in [-0.05, 0) is 37.8 Å². The highest BCUT2D eigenvalue weighted by Crippen LogP contribution is 2.30. The van der Waals surface area contributed by atoms with E-state index in [4.69, 9.17) is 16.9 Å². The fraction of sp³-hybridized carbons (Fsp3) is 0.500. The first-order valence-electron chi connectivity index (χ1n) is 6.47. The van der Waals surface area contributed by atoms with E-state index in [1.807, 2.05) is 12.1 Å². The number of rotatable bonds is 2. The van der Waals surface area contributed by atoms with Gasteiger partial charge < -0.3 is 10.6 Å². The molecule has 2 bridgehead atoms. The maximum atomic E-state index is 9.16. The predicted molar refractivity (Wildman–Crippen MR) is 72.8 cm³/mol. The fourth-order valence-corrected chi connectivity index (χ4v) is 3.37. The minimum absolute atomic E-state index is 0.453. The number of fused-ring (bicyclic) bond motifs is 2. The molecule has 2 unspecified atom stereocenters. The van der Waals surface area contributed by atoms with Gasteiger partial charge in [-0.2, -0.15) is 5.26 Å². The second-order valence-corrected chi connectivity index (χ2v) is 5.63. The molecule has 2 heterocycles. The van der Waals surface area contributed by atoms with Crippen molar-refractivity contribution in [2.45, 2.75) is 43.8 Å². The molecule has 2 aliphatic heterocycles. The number of nitriles is 1. The molecule has 0 spiro atoms. The maximum Gasteiger partial charge on any atom is 0.103 e. The summed E-state index contributed by atoms with van der Waals surface area (Å²) in [6, 6.07) is 9.51. The van der Waals surface area contributed by atoms with Crippen molar-refractivity contribution in [1.82, 2.24) is 5.32 Å². The van der Waals surface area contributed by atoms with E-state index in [9.17, 15) is 0 Å². The molecule has 1 aromatic rings. The smallest absolute Gasteiger partial charge is 0.103 e. The van der Waals surface area contributed by atoms with Crippen LogP contribution in [-0.4, -0.2) is 18.1 Å². The molecule has 2 fully saturated rings. The lowest BCUT2D eigenvalue weighted by molar-refractivity contribution is 0.378. The molecular weight excluding hydrogens is 246 g/mol. The van der Waals surface area contributed by atoms with Gasteiger partial charge in [0.2, 0.25) is 0 Å². The Balaban J connectivity index is 1.77. The SMILES string of the molecule is N#Cc1c(Cl)cccc1NC1CC2CCC(C1)N2. The van der Waals surface area contributed by atoms with Crippen LogP contribution in [0, 0.1) is 11.3 Å². The van der Waals surface area contributed by atoms with Crippen LogP contribution in [0.3, 0.4) is 0 Å². The summed E-state index contributed by atoms with van der Waals surface area (Å²) in [5.41, 5.74) is 1.43. The van der Waals surface area contributed by atoms with Crippen LogP contribution in [0.2, 0.25) is 5.02 Å². The van der Waals surface area contributed by atoms with Crippen molar-refractivity contribution in [3.05, 3.63) is 28.8 Å². The summed E-state index contributed by atoms with van der Waals surface area (Å²) in [5.74, 6) is 0. The van der Waals surface area contributed by atoms with E-state index in [1.165, 1.54) is 12.8 Å². The van der Waals surface area contributed by atoms with Gasteiger partial charge in [0.25, 0.3) is 0 Å². The summed E-state index contributed by atoms with van der Waals surface area (Å²) in [7, 11) is 0. The van der Waals surface area contributed by atoms with Crippen LogP contribution in [-0.2, 0) is 0 Å². The molecule has 0 amide bonds. The Morgan fingerprint density at radius 2 is 2.00 bits per heavy atom. The van der Waals surface area contributed by atoms with Gasteiger partial charge in [-0.3, -0.25) is 0 Å². The normalized spacial score (nSPS) is 29.9. The van der Waals surface area contributed by atoms with Gasteiger partial charge in [0, 0.05) is 18.1 Å². The van der Waals surface area contributed by atoms with Crippen LogP contribution in [0.25, 0.3) is 0 Å². The summed E-state index contributed by atoms with van der Waals surface area (Å²) < 4.78 is 0. The van der Waals surface area contributed by atoms with E-state index in [0.29, 0.717) is 28.7 Å². The number of anilines is 1. The summed E-state index contributed by atoms with van der Waals surface area (Å²) >= 11 is 6.04. The number of halogens is 1. The zero-order chi connectivity index (χ0) is 12.5. The van der Waals surface area contributed by atoms with E-state index < -0.39 is 0 Å². The molecule has 2 aliphatic rings. The van der Waals surface area contributed by atoms with E-state index in [1.54, 1.807) is 6.07 Å². The number of hydrogen-bond acceptors (Lipinski definition) is 3. The predicted octanol–water partition coefficient (Wildman–Crippen LogP) is 2.91. The Morgan fingerprint density at radius 3 is 2.67 bits per heavy atom. The zero-order valence-electron chi connectivity index (χ0n) is 10.1. The molecule has 4 heteroatoms. The van der Waals surface area contributed by atoms with Crippen LogP contribution in [0.15, 0.2) is 18.2 Å². The van der Waals surface area contributed by atoms with Crippen LogP contribution in [0.1, 0.15) is 31.2 Å². The number of nitrogens with one attached hydrogen (secondary N) is 2. The van der Waals surface area contributed by atoms with Gasteiger partial charge in [-0.25, -0.2) is 0 Å². The lowest BCUT2D eigenvalue weighted by Crippen LogP contribution is -2.43. The number of benzene rings is 1. The molecule has 1 aromatic carbocycles. The molecule has 18 heavy (non-hydrogen) atoms. The van der Waals surface area contributed by atoms with Gasteiger partial charge in [-0.15, -0.1) is 0 Å². The van der Waals surface area contributed by atoms with Crippen molar-refractivity contribution in [2.24, 2.45) is 0 Å². The Morgan fingerprint density at radius 1 is 1.28 bits per heavy atom. The van der Waals surface area contributed by atoms with Crippen molar-refractivity contribution in [1.29, 1.82) is 5.26 Å². The van der Waals surface area contributed by atoms with Crippen LogP contribution >= 0.6 is 11.6 Å². The Bertz CT molecular complexity index is 482. The number of hydrogen-bond donors (Lipinski definition) is 2. The molecule has 2 atom stereocenters. The second-order valence-electron chi connectivity index (χ2n) is 5.22. The monoisotopic (exact) mass is 261 g/mol. The Kier molecular flexibility index (Phi) is 3.15. The molecule has 0 radical (unpaired) electrons. The van der Waals surface area contributed by atoms with Gasteiger partial charge in [-0.1, -0.05) is 17.7 Å². The van der Waals surface area contributed by atoms with Gasteiger partial charge in [0.05, 0.1) is 16.3 Å². The third-order valence-electron chi connectivity index (χ3n) is 3.96. The molecule has 94 valence electrons. The van der Waals surface area contributed by atoms with Gasteiger partial charge in [0.1, 0.15) is 6.07 Å². The van der Waals surface area contributed by atoms with Crippen LogP contribution < -0.4 is 10.6 Å². The first kappa shape index (κ1) is 11.8. The van der Waals surface area contributed by atoms with Crippen molar-refractivity contribution in [2.75, 3.05) is 5.32 Å². The van der Waals surface area contributed by atoms with Crippen molar-refractivity contribution in [3.63, 3.8) is 0 Å². The standard InChI is InChI=1S/C14H16ClN3/c15-13-2-1-3-14(12(13)8-16)18-11-6-9-4-5-10(7-11)17-9/h1-3,9-11,17-18H,4-7H2. The minimum atomic E-state index is 0.453. The molecule has 2 N–H and O–H groups in total. The van der Waals surface area contributed by atoms with Crippen molar-refractivity contribution < 1.29 is 0 Å². The molecular formula is C14H16ClN3. The number of nitrogens with zero attached hydrogens (tertiary/aromatic N) is 1. The van der Waals surface area contributed by atoms with E-state index in [0.717, 1.165) is 18.5 Å². The Hall–Kier alpha value is -1.24. The second kappa shape index (κ2) is 4.79. The van der Waals surface area contributed by atoms with Crippen molar-refractivity contribution >= 4 is 17.3 Å².